The molecule has 0 aliphatic carbocycles. The lowest BCUT2D eigenvalue weighted by atomic mass is 9.98. The summed E-state index contributed by atoms with van der Waals surface area (Å²) in [6.45, 7) is 6.48. The van der Waals surface area contributed by atoms with Crippen molar-refractivity contribution in [1.29, 1.82) is 0 Å². The van der Waals surface area contributed by atoms with E-state index >= 15 is 0 Å². The lowest BCUT2D eigenvalue weighted by Gasteiger charge is -2.31. The average molecular weight is 168 g/mol. The van der Waals surface area contributed by atoms with Gasteiger partial charge >= 0.3 is 0 Å². The van der Waals surface area contributed by atoms with Crippen molar-refractivity contribution < 1.29 is 0 Å². The van der Waals surface area contributed by atoms with Crippen LogP contribution in [0.2, 0.25) is 0 Å². The lowest BCUT2D eigenvalue weighted by Crippen LogP contribution is -2.38. The molecule has 2 heteroatoms. The van der Waals surface area contributed by atoms with E-state index in [1.807, 2.05) is 0 Å². The number of rotatable bonds is 3. The summed E-state index contributed by atoms with van der Waals surface area (Å²) in [4.78, 5) is 2.49. The van der Waals surface area contributed by atoms with E-state index in [-0.39, 0.29) is 0 Å². The second-order valence-electron chi connectivity index (χ2n) is 3.57. The summed E-state index contributed by atoms with van der Waals surface area (Å²) in [6.07, 6.45) is 6.98. The summed E-state index contributed by atoms with van der Waals surface area (Å²) >= 11 is 0. The standard InChI is InChI=1S/C10H20N2/c1-2-3-6-12-7-4-5-10(8-11)9-12/h2-3,10H,4-9,11H2,1H3/b3-2+. The second kappa shape index (κ2) is 5.33. The number of piperidine rings is 1. The quantitative estimate of drug-likeness (QED) is 0.642. The van der Waals surface area contributed by atoms with E-state index in [4.69, 9.17) is 5.73 Å². The Kier molecular flexibility index (Phi) is 4.33. The third-order valence-corrected chi connectivity index (χ3v) is 2.54. The highest BCUT2D eigenvalue weighted by Crippen LogP contribution is 2.14. The first-order chi connectivity index (χ1) is 5.86. The molecule has 0 saturated carbocycles. The van der Waals surface area contributed by atoms with Crippen molar-refractivity contribution in [3.8, 4) is 0 Å². The van der Waals surface area contributed by atoms with Crippen LogP contribution in [0.15, 0.2) is 12.2 Å². The Morgan fingerprint density at radius 3 is 3.08 bits per heavy atom. The molecule has 12 heavy (non-hydrogen) atoms. The minimum absolute atomic E-state index is 0.740. The minimum atomic E-state index is 0.740. The third-order valence-electron chi connectivity index (χ3n) is 2.54. The largest absolute Gasteiger partial charge is 0.330 e. The first-order valence-corrected chi connectivity index (χ1v) is 4.90. The molecule has 0 aromatic carbocycles. The van der Waals surface area contributed by atoms with Gasteiger partial charge in [-0.25, -0.2) is 0 Å². The Morgan fingerprint density at radius 2 is 2.42 bits per heavy atom. The van der Waals surface area contributed by atoms with Crippen molar-refractivity contribution in [1.82, 2.24) is 4.90 Å². The zero-order valence-electron chi connectivity index (χ0n) is 8.00. The Labute approximate surface area is 75.4 Å². The van der Waals surface area contributed by atoms with E-state index in [9.17, 15) is 0 Å². The van der Waals surface area contributed by atoms with Crippen LogP contribution in [0.1, 0.15) is 19.8 Å². The molecular weight excluding hydrogens is 148 g/mol. The van der Waals surface area contributed by atoms with Crippen molar-refractivity contribution in [2.75, 3.05) is 26.2 Å². The molecule has 2 N–H and O–H groups in total. The summed E-state index contributed by atoms with van der Waals surface area (Å²) in [5, 5.41) is 0. The van der Waals surface area contributed by atoms with Crippen molar-refractivity contribution in [2.45, 2.75) is 19.8 Å². The van der Waals surface area contributed by atoms with E-state index in [2.05, 4.69) is 24.0 Å². The van der Waals surface area contributed by atoms with Crippen molar-refractivity contribution in [3.05, 3.63) is 12.2 Å². The SMILES string of the molecule is C/C=C/CN1CCCC(CN)C1. The van der Waals surface area contributed by atoms with Gasteiger partial charge in [0.25, 0.3) is 0 Å². The van der Waals surface area contributed by atoms with E-state index in [0.29, 0.717) is 0 Å². The topological polar surface area (TPSA) is 29.3 Å². The van der Waals surface area contributed by atoms with Crippen molar-refractivity contribution in [2.24, 2.45) is 11.7 Å². The number of nitrogens with zero attached hydrogens (tertiary/aromatic N) is 1. The number of nitrogens with two attached hydrogens (primary N) is 1. The van der Waals surface area contributed by atoms with Crippen LogP contribution in [-0.4, -0.2) is 31.1 Å². The van der Waals surface area contributed by atoms with E-state index in [1.54, 1.807) is 0 Å². The molecule has 0 aromatic rings. The molecule has 70 valence electrons. The first-order valence-electron chi connectivity index (χ1n) is 4.90. The van der Waals surface area contributed by atoms with Crippen molar-refractivity contribution >= 4 is 0 Å². The molecule has 2 nitrogen and oxygen atoms in total. The highest BCUT2D eigenvalue weighted by Gasteiger charge is 2.16. The predicted molar refractivity (Wildman–Crippen MR) is 53.0 cm³/mol. The third kappa shape index (κ3) is 2.95. The number of hydrogen-bond acceptors (Lipinski definition) is 2. The van der Waals surface area contributed by atoms with Gasteiger partial charge in [0.2, 0.25) is 0 Å². The number of likely N-dealkylation sites (tertiary alicyclic amines) is 1. The Hall–Kier alpha value is -0.340. The molecule has 0 amide bonds. The molecule has 1 unspecified atom stereocenters. The summed E-state index contributed by atoms with van der Waals surface area (Å²) in [5.41, 5.74) is 5.65. The van der Waals surface area contributed by atoms with Gasteiger partial charge in [-0.05, 0) is 38.8 Å². The van der Waals surface area contributed by atoms with Gasteiger partial charge in [-0.3, -0.25) is 4.90 Å². The first kappa shape index (κ1) is 9.75. The normalized spacial score (nSPS) is 26.7. The van der Waals surface area contributed by atoms with E-state index in [1.165, 1.54) is 25.9 Å². The van der Waals surface area contributed by atoms with Crippen molar-refractivity contribution in [3.63, 3.8) is 0 Å². The van der Waals surface area contributed by atoms with Gasteiger partial charge in [-0.15, -0.1) is 0 Å². The number of hydrogen-bond donors (Lipinski definition) is 1. The Morgan fingerprint density at radius 1 is 1.58 bits per heavy atom. The predicted octanol–water partition coefficient (Wildman–Crippen LogP) is 1.23. The van der Waals surface area contributed by atoms with Gasteiger partial charge in [-0.2, -0.15) is 0 Å². The molecule has 0 spiro atoms. The van der Waals surface area contributed by atoms with Gasteiger partial charge in [0.1, 0.15) is 0 Å². The zero-order valence-corrected chi connectivity index (χ0v) is 8.00. The monoisotopic (exact) mass is 168 g/mol. The zero-order chi connectivity index (χ0) is 8.81. The summed E-state index contributed by atoms with van der Waals surface area (Å²) in [5.74, 6) is 0.740. The van der Waals surface area contributed by atoms with Crippen LogP contribution in [0.5, 0.6) is 0 Å². The van der Waals surface area contributed by atoms with E-state index in [0.717, 1.165) is 19.0 Å². The molecular formula is C10H20N2. The summed E-state index contributed by atoms with van der Waals surface area (Å²) < 4.78 is 0. The fourth-order valence-corrected chi connectivity index (χ4v) is 1.76. The number of allylic oxidation sites excluding steroid dienone is 1. The van der Waals surface area contributed by atoms with Crippen LogP contribution in [0, 0.1) is 5.92 Å². The van der Waals surface area contributed by atoms with Gasteiger partial charge in [0, 0.05) is 13.1 Å². The molecule has 1 aliphatic heterocycles. The van der Waals surface area contributed by atoms with Crippen LogP contribution < -0.4 is 5.73 Å². The smallest absolute Gasteiger partial charge is 0.0163 e. The van der Waals surface area contributed by atoms with Crippen LogP contribution in [0.4, 0.5) is 0 Å². The summed E-state index contributed by atoms with van der Waals surface area (Å²) in [6, 6.07) is 0. The molecule has 1 saturated heterocycles. The lowest BCUT2D eigenvalue weighted by molar-refractivity contribution is 0.195. The average Bonchev–Trinajstić information content (AvgIpc) is 2.15. The van der Waals surface area contributed by atoms with Gasteiger partial charge in [0.15, 0.2) is 0 Å². The van der Waals surface area contributed by atoms with Gasteiger partial charge in [0.05, 0.1) is 0 Å². The molecule has 1 aliphatic rings. The van der Waals surface area contributed by atoms with Crippen LogP contribution in [0.25, 0.3) is 0 Å². The highest BCUT2D eigenvalue weighted by molar-refractivity contribution is 4.84. The van der Waals surface area contributed by atoms with E-state index < -0.39 is 0 Å². The second-order valence-corrected chi connectivity index (χ2v) is 3.57. The Bertz CT molecular complexity index is 143. The van der Waals surface area contributed by atoms with Crippen LogP contribution in [0.3, 0.4) is 0 Å². The fourth-order valence-electron chi connectivity index (χ4n) is 1.76. The highest BCUT2D eigenvalue weighted by atomic mass is 15.1. The molecule has 0 bridgehead atoms. The minimum Gasteiger partial charge on any atom is -0.330 e. The fraction of sp³-hybridized carbons (Fsp3) is 0.800. The van der Waals surface area contributed by atoms with Gasteiger partial charge < -0.3 is 5.73 Å². The van der Waals surface area contributed by atoms with Crippen LogP contribution >= 0.6 is 0 Å². The molecule has 1 fully saturated rings. The maximum atomic E-state index is 5.65. The maximum Gasteiger partial charge on any atom is 0.0163 e. The Balaban J connectivity index is 2.25. The van der Waals surface area contributed by atoms with Gasteiger partial charge in [-0.1, -0.05) is 12.2 Å². The molecule has 0 aromatic heterocycles. The summed E-state index contributed by atoms with van der Waals surface area (Å²) in [7, 11) is 0. The van der Waals surface area contributed by atoms with Crippen LogP contribution in [-0.2, 0) is 0 Å². The molecule has 1 heterocycles. The molecule has 0 radical (unpaired) electrons. The molecule has 1 rings (SSSR count). The molecule has 1 atom stereocenters. The maximum absolute atomic E-state index is 5.65.